The van der Waals surface area contributed by atoms with Gasteiger partial charge in [0.1, 0.15) is 5.82 Å². The highest BCUT2D eigenvalue weighted by molar-refractivity contribution is 5.81. The molecule has 104 valence electrons. The maximum absolute atomic E-state index is 5.86. The number of nitrogens with zero attached hydrogens (tertiary/aromatic N) is 4. The van der Waals surface area contributed by atoms with Gasteiger partial charge in [-0.1, -0.05) is 6.92 Å². The van der Waals surface area contributed by atoms with E-state index in [4.69, 9.17) is 10.7 Å². The molecule has 0 amide bonds. The van der Waals surface area contributed by atoms with Gasteiger partial charge in [-0.25, -0.2) is 4.98 Å². The number of aromatic nitrogens is 4. The van der Waals surface area contributed by atoms with Crippen LogP contribution in [0.15, 0.2) is 24.4 Å². The summed E-state index contributed by atoms with van der Waals surface area (Å²) in [5, 5.41) is 4.44. The largest absolute Gasteiger partial charge is 0.399 e. The molecule has 0 radical (unpaired) electrons. The van der Waals surface area contributed by atoms with E-state index < -0.39 is 0 Å². The maximum atomic E-state index is 5.86. The number of anilines is 1. The van der Waals surface area contributed by atoms with E-state index in [-0.39, 0.29) is 0 Å². The number of rotatable bonds is 3. The molecule has 0 bridgehead atoms. The van der Waals surface area contributed by atoms with Crippen LogP contribution in [0.3, 0.4) is 0 Å². The van der Waals surface area contributed by atoms with Crippen LogP contribution in [-0.2, 0) is 13.5 Å². The van der Waals surface area contributed by atoms with Gasteiger partial charge < -0.3 is 5.73 Å². The summed E-state index contributed by atoms with van der Waals surface area (Å²) in [5.41, 5.74) is 10.7. The van der Waals surface area contributed by atoms with Crippen LogP contribution in [-0.4, -0.2) is 19.3 Å². The highest BCUT2D eigenvalue weighted by Crippen LogP contribution is 2.25. The Balaban J connectivity index is 2.31. The Labute approximate surface area is 118 Å². The standard InChI is InChI=1S/C15H19N5/c1-4-5-15-17-12-8-11(16)6-7-13(12)20(15)14-9-19(3)18-10(14)2/h6-9H,4-5,16H2,1-3H3. The summed E-state index contributed by atoms with van der Waals surface area (Å²) in [6.45, 7) is 4.18. The van der Waals surface area contributed by atoms with Crippen LogP contribution in [0.1, 0.15) is 24.9 Å². The molecule has 0 aliphatic rings. The Morgan fingerprint density at radius 2 is 2.10 bits per heavy atom. The van der Waals surface area contributed by atoms with Crippen LogP contribution in [0.4, 0.5) is 5.69 Å². The molecule has 0 aliphatic heterocycles. The smallest absolute Gasteiger partial charge is 0.114 e. The molecule has 20 heavy (non-hydrogen) atoms. The van der Waals surface area contributed by atoms with Gasteiger partial charge in [0.05, 0.1) is 22.4 Å². The van der Waals surface area contributed by atoms with Crippen LogP contribution < -0.4 is 5.73 Å². The van der Waals surface area contributed by atoms with E-state index in [1.165, 1.54) is 0 Å². The zero-order chi connectivity index (χ0) is 14.3. The van der Waals surface area contributed by atoms with Crippen LogP contribution in [0.5, 0.6) is 0 Å². The first-order valence-electron chi connectivity index (χ1n) is 6.87. The lowest BCUT2D eigenvalue weighted by Crippen LogP contribution is -2.01. The minimum absolute atomic E-state index is 0.744. The second kappa shape index (κ2) is 4.67. The van der Waals surface area contributed by atoms with Crippen molar-refractivity contribution in [2.45, 2.75) is 26.7 Å². The Bertz CT molecular complexity index is 766. The van der Waals surface area contributed by atoms with Crippen molar-refractivity contribution in [1.29, 1.82) is 0 Å². The van der Waals surface area contributed by atoms with Crippen molar-refractivity contribution in [3.05, 3.63) is 35.9 Å². The minimum atomic E-state index is 0.744. The number of hydrogen-bond donors (Lipinski definition) is 1. The van der Waals surface area contributed by atoms with E-state index in [0.717, 1.165) is 46.8 Å². The first-order chi connectivity index (χ1) is 9.60. The molecule has 0 unspecified atom stereocenters. The fourth-order valence-electron chi connectivity index (χ4n) is 2.61. The highest BCUT2D eigenvalue weighted by Gasteiger charge is 2.15. The molecular formula is C15H19N5. The van der Waals surface area contributed by atoms with Crippen molar-refractivity contribution in [3.8, 4) is 5.69 Å². The van der Waals surface area contributed by atoms with E-state index in [1.807, 2.05) is 43.0 Å². The molecule has 3 rings (SSSR count). The Hall–Kier alpha value is -2.30. The highest BCUT2D eigenvalue weighted by atomic mass is 15.3. The molecule has 1 aromatic carbocycles. The van der Waals surface area contributed by atoms with Crippen molar-refractivity contribution >= 4 is 16.7 Å². The summed E-state index contributed by atoms with van der Waals surface area (Å²) in [6, 6.07) is 5.88. The zero-order valence-corrected chi connectivity index (χ0v) is 12.1. The van der Waals surface area contributed by atoms with Crippen molar-refractivity contribution in [1.82, 2.24) is 19.3 Å². The van der Waals surface area contributed by atoms with Gasteiger partial charge in [-0.2, -0.15) is 5.10 Å². The van der Waals surface area contributed by atoms with Gasteiger partial charge in [0.2, 0.25) is 0 Å². The number of benzene rings is 1. The van der Waals surface area contributed by atoms with E-state index in [9.17, 15) is 0 Å². The van der Waals surface area contributed by atoms with Crippen LogP contribution in [0.2, 0.25) is 0 Å². The summed E-state index contributed by atoms with van der Waals surface area (Å²) >= 11 is 0. The Morgan fingerprint density at radius 3 is 2.75 bits per heavy atom. The zero-order valence-electron chi connectivity index (χ0n) is 12.1. The van der Waals surface area contributed by atoms with E-state index >= 15 is 0 Å². The molecule has 0 saturated carbocycles. The Kier molecular flexibility index (Phi) is 2.97. The van der Waals surface area contributed by atoms with Crippen molar-refractivity contribution in [2.75, 3.05) is 5.73 Å². The van der Waals surface area contributed by atoms with Gasteiger partial charge >= 0.3 is 0 Å². The van der Waals surface area contributed by atoms with Gasteiger partial charge in [-0.05, 0) is 31.5 Å². The molecule has 3 aromatic rings. The second-order valence-corrected chi connectivity index (χ2v) is 5.14. The summed E-state index contributed by atoms with van der Waals surface area (Å²) < 4.78 is 4.03. The minimum Gasteiger partial charge on any atom is -0.399 e. The molecule has 0 saturated heterocycles. The number of fused-ring (bicyclic) bond motifs is 1. The summed E-state index contributed by atoms with van der Waals surface area (Å²) in [6.07, 6.45) is 4.02. The predicted molar refractivity (Wildman–Crippen MR) is 81.0 cm³/mol. The number of imidazole rings is 1. The third-order valence-corrected chi connectivity index (χ3v) is 3.45. The molecule has 0 atom stereocenters. The van der Waals surface area contributed by atoms with E-state index in [2.05, 4.69) is 16.6 Å². The molecule has 5 heteroatoms. The fourth-order valence-corrected chi connectivity index (χ4v) is 2.61. The molecule has 0 fully saturated rings. The van der Waals surface area contributed by atoms with Crippen molar-refractivity contribution in [2.24, 2.45) is 7.05 Å². The average Bonchev–Trinajstić information content (AvgIpc) is 2.89. The summed E-state index contributed by atoms with van der Waals surface area (Å²) in [4.78, 5) is 4.74. The lowest BCUT2D eigenvalue weighted by Gasteiger charge is -2.07. The number of nitrogens with two attached hydrogens (primary N) is 1. The number of nitrogen functional groups attached to an aromatic ring is 1. The first-order valence-corrected chi connectivity index (χ1v) is 6.87. The van der Waals surface area contributed by atoms with Gasteiger partial charge in [0.25, 0.3) is 0 Å². The molecule has 0 aliphatic carbocycles. The Morgan fingerprint density at radius 1 is 1.30 bits per heavy atom. The van der Waals surface area contributed by atoms with Crippen LogP contribution >= 0.6 is 0 Å². The van der Waals surface area contributed by atoms with Crippen molar-refractivity contribution < 1.29 is 0 Å². The van der Waals surface area contributed by atoms with Crippen LogP contribution in [0.25, 0.3) is 16.7 Å². The van der Waals surface area contributed by atoms with Gasteiger partial charge in [0, 0.05) is 25.4 Å². The molecule has 2 aromatic heterocycles. The topological polar surface area (TPSA) is 61.7 Å². The molecular weight excluding hydrogens is 250 g/mol. The molecule has 5 nitrogen and oxygen atoms in total. The third-order valence-electron chi connectivity index (χ3n) is 3.45. The third kappa shape index (κ3) is 1.95. The fraction of sp³-hybridized carbons (Fsp3) is 0.333. The quantitative estimate of drug-likeness (QED) is 0.743. The van der Waals surface area contributed by atoms with E-state index in [1.54, 1.807) is 0 Å². The summed E-state index contributed by atoms with van der Waals surface area (Å²) in [7, 11) is 1.94. The number of aryl methyl sites for hydroxylation is 3. The molecule has 0 spiro atoms. The molecule has 2 N–H and O–H groups in total. The average molecular weight is 269 g/mol. The van der Waals surface area contributed by atoms with Crippen molar-refractivity contribution in [3.63, 3.8) is 0 Å². The summed E-state index contributed by atoms with van der Waals surface area (Å²) in [5.74, 6) is 1.06. The van der Waals surface area contributed by atoms with E-state index in [0.29, 0.717) is 0 Å². The predicted octanol–water partition coefficient (Wildman–Crippen LogP) is 2.60. The normalized spacial score (nSPS) is 11.3. The number of hydrogen-bond acceptors (Lipinski definition) is 3. The van der Waals surface area contributed by atoms with Gasteiger partial charge in [-0.15, -0.1) is 0 Å². The maximum Gasteiger partial charge on any atom is 0.114 e. The first kappa shape index (κ1) is 12.7. The lowest BCUT2D eigenvalue weighted by atomic mass is 10.2. The monoisotopic (exact) mass is 269 g/mol. The van der Waals surface area contributed by atoms with Gasteiger partial charge in [-0.3, -0.25) is 9.25 Å². The van der Waals surface area contributed by atoms with Crippen LogP contribution in [0, 0.1) is 6.92 Å². The SMILES string of the molecule is CCCc1nc2cc(N)ccc2n1-c1cn(C)nc1C. The second-order valence-electron chi connectivity index (χ2n) is 5.14. The van der Waals surface area contributed by atoms with Gasteiger partial charge in [0.15, 0.2) is 0 Å². The lowest BCUT2D eigenvalue weighted by molar-refractivity contribution is 0.756. The molecule has 2 heterocycles.